The van der Waals surface area contributed by atoms with Crippen molar-refractivity contribution in [3.05, 3.63) is 282 Å². The van der Waals surface area contributed by atoms with Crippen molar-refractivity contribution in [2.45, 2.75) is 19.3 Å². The fourth-order valence-corrected chi connectivity index (χ4v) is 11.6. The lowest BCUT2D eigenvalue weighted by Crippen LogP contribution is -2.29. The normalized spacial score (nSPS) is 15.2. The van der Waals surface area contributed by atoms with Crippen LogP contribution in [-0.4, -0.2) is 17.9 Å². The largest absolute Gasteiger partial charge is 0.456 e. The summed E-state index contributed by atoms with van der Waals surface area (Å²) in [6, 6.07) is 66.4. The summed E-state index contributed by atoms with van der Waals surface area (Å²) in [7, 11) is 0. The van der Waals surface area contributed by atoms with Gasteiger partial charge in [0, 0.05) is 55.2 Å². The highest BCUT2D eigenvalue weighted by atomic mass is 16.3. The van der Waals surface area contributed by atoms with E-state index in [1.54, 1.807) is 0 Å². The van der Waals surface area contributed by atoms with Crippen LogP contribution in [0.5, 0.6) is 0 Å². The summed E-state index contributed by atoms with van der Waals surface area (Å²) in [5.74, 6) is 0.413. The van der Waals surface area contributed by atoms with E-state index in [0.717, 1.165) is 99.2 Å². The van der Waals surface area contributed by atoms with Crippen molar-refractivity contribution in [3.63, 3.8) is 0 Å². The smallest absolute Gasteiger partial charge is 0.161 e. The molecule has 1 unspecified atom stereocenters. The predicted molar refractivity (Wildman–Crippen MR) is 316 cm³/mol. The Hall–Kier alpha value is -9.91. The molecule has 6 heteroatoms. The Kier molecular flexibility index (Phi) is 11.2. The molecule has 0 saturated heterocycles. The van der Waals surface area contributed by atoms with Gasteiger partial charge in [0.05, 0.1) is 5.41 Å². The van der Waals surface area contributed by atoms with Gasteiger partial charge in [-0.15, -0.1) is 0 Å². The van der Waals surface area contributed by atoms with Crippen LogP contribution in [0.25, 0.3) is 93.6 Å². The predicted octanol–water partition coefficient (Wildman–Crippen LogP) is 18.6. The summed E-state index contributed by atoms with van der Waals surface area (Å²) < 4.78 is 19.0. The van der Waals surface area contributed by atoms with Crippen LogP contribution in [0.15, 0.2) is 272 Å². The number of nitrogens with zero attached hydrogens (tertiary/aromatic N) is 2. The highest BCUT2D eigenvalue weighted by Crippen LogP contribution is 2.56. The second-order valence-electron chi connectivity index (χ2n) is 19.1. The van der Waals surface area contributed by atoms with Gasteiger partial charge in [-0.25, -0.2) is 9.98 Å². The van der Waals surface area contributed by atoms with Crippen LogP contribution in [0, 0.1) is 5.41 Å². The van der Waals surface area contributed by atoms with E-state index in [-0.39, 0.29) is 5.84 Å². The Morgan fingerprint density at radius 1 is 0.526 bits per heavy atom. The highest BCUT2D eigenvalue weighted by Gasteiger charge is 2.46. The lowest BCUT2D eigenvalue weighted by molar-refractivity contribution is 0.668. The molecule has 9 aromatic carbocycles. The molecule has 362 valence electrons. The number of aliphatic imine (C=N–C) groups is 2. The van der Waals surface area contributed by atoms with Gasteiger partial charge in [0.25, 0.3) is 0 Å². The Morgan fingerprint density at radius 2 is 1.14 bits per heavy atom. The number of furan rings is 3. The molecule has 1 N–H and O–H groups in total. The van der Waals surface area contributed by atoms with E-state index in [1.807, 2.05) is 121 Å². The molecule has 6 nitrogen and oxygen atoms in total. The fraction of sp³-hybridized carbons (Fsp3) is 0.0429. The molecule has 1 atom stereocenters. The van der Waals surface area contributed by atoms with E-state index in [0.29, 0.717) is 28.1 Å². The first-order chi connectivity index (χ1) is 37.4. The van der Waals surface area contributed by atoms with Crippen LogP contribution in [0.2, 0.25) is 0 Å². The molecule has 12 aromatic rings. The first kappa shape index (κ1) is 45.9. The van der Waals surface area contributed by atoms with E-state index in [9.17, 15) is 5.41 Å². The Labute approximate surface area is 439 Å². The third-order valence-corrected chi connectivity index (χ3v) is 15.0. The zero-order chi connectivity index (χ0) is 51.5. The molecular weight excluding hydrogens is 931 g/mol. The molecule has 1 aliphatic rings. The molecule has 0 amide bonds. The number of benzene rings is 9. The molecule has 3 heterocycles. The highest BCUT2D eigenvalue weighted by molar-refractivity contribution is 6.22. The van der Waals surface area contributed by atoms with Gasteiger partial charge in [-0.3, -0.25) is 5.41 Å². The lowest BCUT2D eigenvalue weighted by Gasteiger charge is -2.36. The summed E-state index contributed by atoms with van der Waals surface area (Å²) >= 11 is 0. The third kappa shape index (κ3) is 7.29. The Balaban J connectivity index is 0.881. The third-order valence-electron chi connectivity index (χ3n) is 15.0. The van der Waals surface area contributed by atoms with Crippen LogP contribution in [0.4, 0.5) is 0 Å². The SMILES string of the molecule is C=CC1=C(C=C)C(C(/C=C\C)=C/C)(c2ccccc2)c2cc(-c3ccc(-c4ccc5oc6cccc(C=NC(=NC(=N)c7cccc8oc9ccccc9c78)c7ccc8c(c7)oc7ccccc78)c6c5c4)cc3)ccc21. The fourth-order valence-electron chi connectivity index (χ4n) is 11.6. The van der Waals surface area contributed by atoms with E-state index in [1.165, 1.54) is 16.7 Å². The summed E-state index contributed by atoms with van der Waals surface area (Å²) in [5.41, 5.74) is 17.4. The van der Waals surface area contributed by atoms with Gasteiger partial charge in [-0.1, -0.05) is 183 Å². The first-order valence-corrected chi connectivity index (χ1v) is 25.5. The molecule has 0 radical (unpaired) electrons. The van der Waals surface area contributed by atoms with Gasteiger partial charge >= 0.3 is 0 Å². The molecular formula is C70H49N3O3. The minimum Gasteiger partial charge on any atom is -0.456 e. The molecule has 76 heavy (non-hydrogen) atoms. The van der Waals surface area contributed by atoms with E-state index < -0.39 is 5.41 Å². The summed E-state index contributed by atoms with van der Waals surface area (Å²) in [6.07, 6.45) is 12.4. The minimum absolute atomic E-state index is 0.0564. The summed E-state index contributed by atoms with van der Waals surface area (Å²) in [5, 5.41) is 15.2. The van der Waals surface area contributed by atoms with Crippen molar-refractivity contribution in [1.29, 1.82) is 5.41 Å². The standard InChI is InChI=1S/C70H49N3O3/c1-5-18-49(6-2)70(50-20-10-9-11-21-50)58(8-4)51(7-3)52-36-33-46(40-59(52)70)44-31-29-43(30-32-44)45-35-38-62-57(39-45)66-48(19-16-27-63(66)75-62)42-72-69(47-34-37-54-53-22-12-14-25-60(53)76-65(54)41-47)73-68(71)56-24-17-28-64-67(56)55-23-13-15-26-61(55)74-64/h5-42,71H,3-4H2,1-2H3/b18-5-,49-6+,71-68?,72-42?,73-69?. The maximum atomic E-state index is 9.51. The Bertz CT molecular complexity index is 4530. The van der Waals surface area contributed by atoms with Crippen LogP contribution >= 0.6 is 0 Å². The number of rotatable bonds is 10. The molecule has 0 fully saturated rings. The number of allylic oxidation sites excluding steroid dienone is 8. The number of nitrogens with one attached hydrogen (secondary N) is 1. The molecule has 13 rings (SSSR count). The van der Waals surface area contributed by atoms with Crippen molar-refractivity contribution < 1.29 is 13.3 Å². The average molecular weight is 980 g/mol. The summed E-state index contributed by atoms with van der Waals surface area (Å²) in [4.78, 5) is 10.1. The maximum Gasteiger partial charge on any atom is 0.161 e. The summed E-state index contributed by atoms with van der Waals surface area (Å²) in [6.45, 7) is 12.8. The lowest BCUT2D eigenvalue weighted by atomic mass is 9.66. The second kappa shape index (κ2) is 18.5. The van der Waals surface area contributed by atoms with Gasteiger partial charge < -0.3 is 13.3 Å². The first-order valence-electron chi connectivity index (χ1n) is 25.5. The monoisotopic (exact) mass is 979 g/mol. The zero-order valence-electron chi connectivity index (χ0n) is 42.0. The van der Waals surface area contributed by atoms with Crippen LogP contribution in [-0.2, 0) is 5.41 Å². The van der Waals surface area contributed by atoms with Crippen LogP contribution in [0.3, 0.4) is 0 Å². The number of hydrogen-bond acceptors (Lipinski definition) is 4. The molecule has 0 spiro atoms. The van der Waals surface area contributed by atoms with Crippen molar-refractivity contribution in [2.75, 3.05) is 0 Å². The van der Waals surface area contributed by atoms with Gasteiger partial charge in [0.15, 0.2) is 11.7 Å². The van der Waals surface area contributed by atoms with Crippen LogP contribution < -0.4 is 0 Å². The van der Waals surface area contributed by atoms with Gasteiger partial charge in [0.2, 0.25) is 0 Å². The van der Waals surface area contributed by atoms with Gasteiger partial charge in [0.1, 0.15) is 33.5 Å². The van der Waals surface area contributed by atoms with E-state index >= 15 is 0 Å². The molecule has 0 saturated carbocycles. The zero-order valence-corrected chi connectivity index (χ0v) is 42.0. The molecule has 3 aromatic heterocycles. The van der Waals surface area contributed by atoms with Crippen molar-refractivity contribution in [3.8, 4) is 22.3 Å². The van der Waals surface area contributed by atoms with Gasteiger partial charge in [-0.2, -0.15) is 0 Å². The number of amidine groups is 2. The van der Waals surface area contributed by atoms with Crippen LogP contribution in [0.1, 0.15) is 47.2 Å². The van der Waals surface area contributed by atoms with Crippen molar-refractivity contribution in [2.24, 2.45) is 9.98 Å². The molecule has 0 aliphatic heterocycles. The maximum absolute atomic E-state index is 9.51. The number of hydrogen-bond donors (Lipinski definition) is 1. The number of para-hydroxylation sites is 2. The Morgan fingerprint density at radius 3 is 1.88 bits per heavy atom. The minimum atomic E-state index is -0.571. The second-order valence-corrected chi connectivity index (χ2v) is 19.1. The van der Waals surface area contributed by atoms with E-state index in [2.05, 4.69) is 136 Å². The number of fused-ring (bicyclic) bond motifs is 10. The van der Waals surface area contributed by atoms with Gasteiger partial charge in [-0.05, 0) is 124 Å². The van der Waals surface area contributed by atoms with Crippen molar-refractivity contribution >= 4 is 89.3 Å². The average Bonchev–Trinajstić information content (AvgIpc) is 4.38. The van der Waals surface area contributed by atoms with Crippen molar-refractivity contribution in [1.82, 2.24) is 0 Å². The molecule has 1 aliphatic carbocycles. The van der Waals surface area contributed by atoms with E-state index in [4.69, 9.17) is 23.2 Å². The quantitative estimate of drug-likeness (QED) is 0.0841. The topological polar surface area (TPSA) is 88.0 Å². The molecule has 0 bridgehead atoms.